The van der Waals surface area contributed by atoms with Crippen molar-refractivity contribution in [1.29, 1.82) is 0 Å². The standard InChI is InChI=1S/C25H29N3O2.CH2O2/c1-2-7-22(8-3-1)29-23-15-13-20(14-16-23)25-28-27-24(30-25)19-11-9-18(10-12-19)17-26-21-5-4-6-21;2-1-3/h9-16,21-22,26H,1-8,17H2;1H,(H,2,3). The van der Waals surface area contributed by atoms with E-state index in [4.69, 9.17) is 19.1 Å². The summed E-state index contributed by atoms with van der Waals surface area (Å²) >= 11 is 0. The van der Waals surface area contributed by atoms with Gasteiger partial charge in [0.25, 0.3) is 6.47 Å². The normalized spacial score (nSPS) is 16.4. The molecule has 0 spiro atoms. The van der Waals surface area contributed by atoms with Crippen LogP contribution in [0.25, 0.3) is 22.9 Å². The maximum absolute atomic E-state index is 8.36. The number of hydrogen-bond acceptors (Lipinski definition) is 6. The lowest BCUT2D eigenvalue weighted by Gasteiger charge is -2.26. The van der Waals surface area contributed by atoms with E-state index in [1.54, 1.807) is 0 Å². The minimum Gasteiger partial charge on any atom is -0.490 e. The largest absolute Gasteiger partial charge is 0.490 e. The van der Waals surface area contributed by atoms with Crippen molar-refractivity contribution in [3.8, 4) is 28.7 Å². The number of carbonyl (C=O) groups is 1. The lowest BCUT2D eigenvalue weighted by molar-refractivity contribution is -0.122. The first-order valence-corrected chi connectivity index (χ1v) is 11.8. The molecule has 1 heterocycles. The highest BCUT2D eigenvalue weighted by Crippen LogP contribution is 2.28. The maximum Gasteiger partial charge on any atom is 0.290 e. The molecule has 0 aliphatic heterocycles. The first-order valence-electron chi connectivity index (χ1n) is 11.8. The molecule has 7 nitrogen and oxygen atoms in total. The van der Waals surface area contributed by atoms with Crippen LogP contribution in [0.5, 0.6) is 5.75 Å². The molecule has 3 aromatic rings. The zero-order valence-electron chi connectivity index (χ0n) is 18.8. The Hall–Kier alpha value is -3.19. The number of nitrogens with one attached hydrogen (secondary N) is 1. The van der Waals surface area contributed by atoms with Crippen molar-refractivity contribution in [1.82, 2.24) is 15.5 Å². The second-order valence-corrected chi connectivity index (χ2v) is 8.63. The molecule has 0 bridgehead atoms. The third-order valence-electron chi connectivity index (χ3n) is 6.28. The summed E-state index contributed by atoms with van der Waals surface area (Å²) in [6, 6.07) is 17.0. The second kappa shape index (κ2) is 11.6. The van der Waals surface area contributed by atoms with Gasteiger partial charge < -0.3 is 19.6 Å². The second-order valence-electron chi connectivity index (χ2n) is 8.63. The summed E-state index contributed by atoms with van der Waals surface area (Å²) in [5.74, 6) is 1.99. The van der Waals surface area contributed by atoms with Crippen LogP contribution >= 0.6 is 0 Å². The SMILES string of the molecule is O=CO.c1cc(-c2nnc(-c3ccc(OC4CCCCC4)cc3)o2)ccc1CNC1CCC1. The van der Waals surface area contributed by atoms with Crippen molar-refractivity contribution in [3.63, 3.8) is 0 Å². The molecular formula is C26H31N3O4. The summed E-state index contributed by atoms with van der Waals surface area (Å²) in [6.07, 6.45) is 10.5. The molecule has 1 aromatic heterocycles. The van der Waals surface area contributed by atoms with Gasteiger partial charge in [0, 0.05) is 23.7 Å². The minimum atomic E-state index is -0.250. The average Bonchev–Trinajstić information content (AvgIpc) is 3.31. The highest BCUT2D eigenvalue weighted by molar-refractivity contribution is 5.58. The van der Waals surface area contributed by atoms with Gasteiger partial charge in [0.1, 0.15) is 5.75 Å². The summed E-state index contributed by atoms with van der Waals surface area (Å²) in [4.78, 5) is 8.36. The topological polar surface area (TPSA) is 97.5 Å². The van der Waals surface area contributed by atoms with Crippen molar-refractivity contribution in [2.75, 3.05) is 0 Å². The molecule has 2 aromatic carbocycles. The molecule has 2 saturated carbocycles. The molecule has 2 fully saturated rings. The van der Waals surface area contributed by atoms with Crippen molar-refractivity contribution in [3.05, 3.63) is 54.1 Å². The van der Waals surface area contributed by atoms with Gasteiger partial charge in [-0.1, -0.05) is 25.0 Å². The van der Waals surface area contributed by atoms with E-state index in [0.717, 1.165) is 36.3 Å². The number of nitrogens with zero attached hydrogens (tertiary/aromatic N) is 2. The first kappa shape index (κ1) is 23.0. The molecule has 0 radical (unpaired) electrons. The molecule has 174 valence electrons. The zero-order chi connectivity index (χ0) is 22.9. The van der Waals surface area contributed by atoms with Gasteiger partial charge in [0.05, 0.1) is 6.10 Å². The molecule has 2 aliphatic carbocycles. The fourth-order valence-corrected chi connectivity index (χ4v) is 4.15. The minimum absolute atomic E-state index is 0.250. The van der Waals surface area contributed by atoms with E-state index in [1.807, 2.05) is 24.3 Å². The third kappa shape index (κ3) is 6.42. The molecule has 0 amide bonds. The number of benzene rings is 2. The highest BCUT2D eigenvalue weighted by atomic mass is 16.5. The van der Waals surface area contributed by atoms with Gasteiger partial charge in [-0.05, 0) is 80.5 Å². The highest BCUT2D eigenvalue weighted by Gasteiger charge is 2.17. The molecule has 2 aliphatic rings. The Morgan fingerprint density at radius 1 is 0.879 bits per heavy atom. The fraction of sp³-hybridized carbons (Fsp3) is 0.423. The first-order chi connectivity index (χ1) is 16.2. The number of hydrogen-bond donors (Lipinski definition) is 2. The van der Waals surface area contributed by atoms with Crippen LogP contribution in [-0.4, -0.2) is 33.9 Å². The van der Waals surface area contributed by atoms with E-state index in [0.29, 0.717) is 23.9 Å². The summed E-state index contributed by atoms with van der Waals surface area (Å²) in [5, 5.41) is 19.0. The van der Waals surface area contributed by atoms with E-state index in [2.05, 4.69) is 39.8 Å². The number of rotatable bonds is 7. The molecule has 5 rings (SSSR count). The molecular weight excluding hydrogens is 418 g/mol. The van der Waals surface area contributed by atoms with Crippen LogP contribution < -0.4 is 10.1 Å². The van der Waals surface area contributed by atoms with Crippen LogP contribution in [0.15, 0.2) is 52.9 Å². The van der Waals surface area contributed by atoms with E-state index in [1.165, 1.54) is 44.1 Å². The predicted octanol–water partition coefficient (Wildman–Crippen LogP) is 5.46. The van der Waals surface area contributed by atoms with Gasteiger partial charge >= 0.3 is 0 Å². The Morgan fingerprint density at radius 2 is 1.45 bits per heavy atom. The van der Waals surface area contributed by atoms with Crippen LogP contribution in [0.2, 0.25) is 0 Å². The van der Waals surface area contributed by atoms with Gasteiger partial charge in [-0.3, -0.25) is 4.79 Å². The summed E-state index contributed by atoms with van der Waals surface area (Å²) in [5.41, 5.74) is 3.13. The quantitative estimate of drug-likeness (QED) is 0.462. The van der Waals surface area contributed by atoms with Crippen LogP contribution in [-0.2, 0) is 11.3 Å². The molecule has 0 saturated heterocycles. The van der Waals surface area contributed by atoms with Gasteiger partial charge in [-0.2, -0.15) is 0 Å². The number of aromatic nitrogens is 2. The Bertz CT molecular complexity index is 991. The third-order valence-corrected chi connectivity index (χ3v) is 6.28. The molecule has 0 unspecified atom stereocenters. The lowest BCUT2D eigenvalue weighted by Crippen LogP contribution is -2.34. The van der Waals surface area contributed by atoms with Gasteiger partial charge in [0.15, 0.2) is 0 Å². The van der Waals surface area contributed by atoms with Crippen molar-refractivity contribution in [2.24, 2.45) is 0 Å². The Kier molecular flexibility index (Phi) is 8.09. The van der Waals surface area contributed by atoms with Crippen molar-refractivity contribution in [2.45, 2.75) is 70.1 Å². The van der Waals surface area contributed by atoms with Crippen LogP contribution in [0.3, 0.4) is 0 Å². The van der Waals surface area contributed by atoms with E-state index >= 15 is 0 Å². The van der Waals surface area contributed by atoms with Gasteiger partial charge in [-0.15, -0.1) is 10.2 Å². The maximum atomic E-state index is 8.36. The zero-order valence-corrected chi connectivity index (χ0v) is 18.8. The van der Waals surface area contributed by atoms with Crippen LogP contribution in [0.4, 0.5) is 0 Å². The average molecular weight is 450 g/mol. The summed E-state index contributed by atoms with van der Waals surface area (Å²) in [6.45, 7) is 0.662. The fourth-order valence-electron chi connectivity index (χ4n) is 4.15. The predicted molar refractivity (Wildman–Crippen MR) is 126 cm³/mol. The van der Waals surface area contributed by atoms with E-state index in [-0.39, 0.29) is 6.47 Å². The Labute approximate surface area is 194 Å². The molecule has 7 heteroatoms. The Morgan fingerprint density at radius 3 is 2.00 bits per heavy atom. The smallest absolute Gasteiger partial charge is 0.290 e. The molecule has 2 N–H and O–H groups in total. The van der Waals surface area contributed by atoms with E-state index in [9.17, 15) is 0 Å². The van der Waals surface area contributed by atoms with Crippen LogP contribution in [0.1, 0.15) is 56.9 Å². The van der Waals surface area contributed by atoms with Crippen LogP contribution in [0, 0.1) is 0 Å². The number of carboxylic acid groups (broad SMARTS) is 1. The van der Waals surface area contributed by atoms with Gasteiger partial charge in [0.2, 0.25) is 11.8 Å². The lowest BCUT2D eigenvalue weighted by atomic mass is 9.93. The van der Waals surface area contributed by atoms with Crippen molar-refractivity contribution < 1.29 is 19.1 Å². The van der Waals surface area contributed by atoms with E-state index < -0.39 is 0 Å². The molecule has 0 atom stereocenters. The van der Waals surface area contributed by atoms with Crippen molar-refractivity contribution >= 4 is 6.47 Å². The Balaban J connectivity index is 0.000000821. The summed E-state index contributed by atoms with van der Waals surface area (Å²) in [7, 11) is 0. The monoisotopic (exact) mass is 449 g/mol. The molecule has 33 heavy (non-hydrogen) atoms. The summed E-state index contributed by atoms with van der Waals surface area (Å²) < 4.78 is 12.0. The van der Waals surface area contributed by atoms with Gasteiger partial charge in [-0.25, -0.2) is 0 Å². The number of ether oxygens (including phenoxy) is 1.